The Balaban J connectivity index is 2.71. The largest absolute Gasteiger partial charge is 0.383 e. The molecule has 1 atom stereocenters. The molecule has 2 rings (SSSR count). The van der Waals surface area contributed by atoms with E-state index >= 15 is 0 Å². The standard InChI is InChI=1S/C19H17N5O2S/c1-11(25)16(19(26)24(2)3)27-18-14(10-21)15(12-7-5-4-6-8-12)13(9-20)17(22)23-18/h4-8,16H,1-3H3,(H2,22,23). The number of Topliss-reactive ketones (excluding diaryl/α,β-unsaturated/α-hetero) is 1. The number of ketones is 1. The number of carbonyl (C=O) groups is 2. The first kappa shape index (κ1) is 20.0. The monoisotopic (exact) mass is 379 g/mol. The van der Waals surface area contributed by atoms with Gasteiger partial charge in [0.25, 0.3) is 0 Å². The molecule has 8 heteroatoms. The zero-order valence-electron chi connectivity index (χ0n) is 15.1. The molecule has 1 amide bonds. The number of anilines is 1. The van der Waals surface area contributed by atoms with E-state index in [-0.39, 0.29) is 27.8 Å². The number of hydrogen-bond donors (Lipinski definition) is 1. The molecule has 27 heavy (non-hydrogen) atoms. The van der Waals surface area contributed by atoms with Crippen molar-refractivity contribution in [2.45, 2.75) is 17.2 Å². The third-order valence-corrected chi connectivity index (χ3v) is 5.03. The van der Waals surface area contributed by atoms with E-state index in [4.69, 9.17) is 5.73 Å². The van der Waals surface area contributed by atoms with Crippen molar-refractivity contribution in [1.29, 1.82) is 10.5 Å². The maximum Gasteiger partial charge on any atom is 0.243 e. The van der Waals surface area contributed by atoms with Crippen LogP contribution in [0.5, 0.6) is 0 Å². The van der Waals surface area contributed by atoms with Crippen molar-refractivity contribution < 1.29 is 9.59 Å². The van der Waals surface area contributed by atoms with Gasteiger partial charge in [0, 0.05) is 19.7 Å². The molecular weight excluding hydrogens is 362 g/mol. The van der Waals surface area contributed by atoms with Crippen LogP contribution < -0.4 is 5.73 Å². The van der Waals surface area contributed by atoms with Crippen LogP contribution in [-0.4, -0.2) is 40.9 Å². The molecule has 0 fully saturated rings. The molecule has 0 bridgehead atoms. The lowest BCUT2D eigenvalue weighted by molar-refractivity contribution is -0.132. The van der Waals surface area contributed by atoms with Crippen molar-refractivity contribution in [2.24, 2.45) is 0 Å². The van der Waals surface area contributed by atoms with E-state index < -0.39 is 11.2 Å². The average molecular weight is 379 g/mol. The number of aromatic nitrogens is 1. The zero-order valence-corrected chi connectivity index (χ0v) is 15.9. The highest BCUT2D eigenvalue weighted by Crippen LogP contribution is 2.37. The molecule has 0 radical (unpaired) electrons. The van der Waals surface area contributed by atoms with Gasteiger partial charge in [0.15, 0.2) is 5.78 Å². The summed E-state index contributed by atoms with van der Waals surface area (Å²) in [4.78, 5) is 29.8. The molecule has 0 aliphatic heterocycles. The summed E-state index contributed by atoms with van der Waals surface area (Å²) >= 11 is 0.863. The summed E-state index contributed by atoms with van der Waals surface area (Å²) in [5.41, 5.74) is 7.10. The molecule has 0 spiro atoms. The van der Waals surface area contributed by atoms with E-state index in [1.807, 2.05) is 12.1 Å². The van der Waals surface area contributed by atoms with Gasteiger partial charge < -0.3 is 10.6 Å². The van der Waals surface area contributed by atoms with Gasteiger partial charge in [-0.3, -0.25) is 9.59 Å². The number of carbonyl (C=O) groups excluding carboxylic acids is 2. The molecule has 0 saturated carbocycles. The van der Waals surface area contributed by atoms with Crippen LogP contribution in [-0.2, 0) is 9.59 Å². The summed E-state index contributed by atoms with van der Waals surface area (Å²) in [5, 5.41) is 18.3. The molecule has 0 aliphatic carbocycles. The first-order valence-corrected chi connectivity index (χ1v) is 8.77. The quantitative estimate of drug-likeness (QED) is 0.624. The van der Waals surface area contributed by atoms with E-state index in [1.165, 1.54) is 11.8 Å². The Morgan fingerprint density at radius 1 is 1.15 bits per heavy atom. The van der Waals surface area contributed by atoms with Crippen molar-refractivity contribution in [3.8, 4) is 23.3 Å². The third-order valence-electron chi connectivity index (χ3n) is 3.74. The van der Waals surface area contributed by atoms with Crippen LogP contribution in [0.1, 0.15) is 18.1 Å². The lowest BCUT2D eigenvalue weighted by Crippen LogP contribution is -2.36. The minimum absolute atomic E-state index is 0.0579. The second-order valence-corrected chi connectivity index (χ2v) is 6.95. The van der Waals surface area contributed by atoms with Crippen LogP contribution in [0.3, 0.4) is 0 Å². The third kappa shape index (κ3) is 4.08. The lowest BCUT2D eigenvalue weighted by atomic mass is 9.97. The van der Waals surface area contributed by atoms with Crippen molar-refractivity contribution in [3.63, 3.8) is 0 Å². The van der Waals surface area contributed by atoms with E-state index in [2.05, 4.69) is 11.1 Å². The lowest BCUT2D eigenvalue weighted by Gasteiger charge is -2.19. The molecule has 1 aromatic carbocycles. The van der Waals surface area contributed by atoms with Gasteiger partial charge in [-0.25, -0.2) is 4.98 Å². The van der Waals surface area contributed by atoms with Gasteiger partial charge in [0.05, 0.1) is 5.56 Å². The fourth-order valence-electron chi connectivity index (χ4n) is 2.43. The molecule has 0 aliphatic rings. The minimum atomic E-state index is -1.06. The van der Waals surface area contributed by atoms with Crippen molar-refractivity contribution in [2.75, 3.05) is 19.8 Å². The van der Waals surface area contributed by atoms with Gasteiger partial charge in [0.1, 0.15) is 33.8 Å². The predicted octanol–water partition coefficient (Wildman–Crippen LogP) is 2.21. The van der Waals surface area contributed by atoms with E-state index in [0.717, 1.165) is 11.8 Å². The topological polar surface area (TPSA) is 124 Å². The average Bonchev–Trinajstić information content (AvgIpc) is 2.65. The Morgan fingerprint density at radius 3 is 2.22 bits per heavy atom. The second kappa shape index (κ2) is 8.35. The smallest absolute Gasteiger partial charge is 0.243 e. The van der Waals surface area contributed by atoms with Gasteiger partial charge in [-0.1, -0.05) is 42.1 Å². The second-order valence-electron chi connectivity index (χ2n) is 5.86. The number of rotatable bonds is 5. The number of nitrogens with zero attached hydrogens (tertiary/aromatic N) is 4. The van der Waals surface area contributed by atoms with Crippen molar-refractivity contribution >= 4 is 29.3 Å². The highest BCUT2D eigenvalue weighted by atomic mass is 32.2. The summed E-state index contributed by atoms with van der Waals surface area (Å²) in [5.74, 6) is -0.839. The number of nitrogen functional groups attached to an aromatic ring is 1. The Morgan fingerprint density at radius 2 is 1.74 bits per heavy atom. The number of thioether (sulfide) groups is 1. The SMILES string of the molecule is CC(=O)C(Sc1nc(N)c(C#N)c(-c2ccccc2)c1C#N)C(=O)N(C)C. The molecule has 0 saturated heterocycles. The van der Waals surface area contributed by atoms with Crippen LogP contribution in [0.15, 0.2) is 35.4 Å². The van der Waals surface area contributed by atoms with Crippen molar-refractivity contribution in [1.82, 2.24) is 9.88 Å². The molecule has 136 valence electrons. The highest BCUT2D eigenvalue weighted by molar-refractivity contribution is 8.01. The maximum atomic E-state index is 12.3. The van der Waals surface area contributed by atoms with Gasteiger partial charge in [-0.2, -0.15) is 10.5 Å². The first-order chi connectivity index (χ1) is 12.8. The summed E-state index contributed by atoms with van der Waals surface area (Å²) < 4.78 is 0. The molecule has 1 aromatic heterocycles. The normalized spacial score (nSPS) is 11.1. The molecular formula is C19H17N5O2S. The van der Waals surface area contributed by atoms with Gasteiger partial charge in [0.2, 0.25) is 5.91 Å². The molecule has 2 aromatic rings. The van der Waals surface area contributed by atoms with Gasteiger partial charge in [-0.05, 0) is 12.5 Å². The number of nitriles is 2. The van der Waals surface area contributed by atoms with Crippen LogP contribution in [0.25, 0.3) is 11.1 Å². The molecule has 1 unspecified atom stereocenters. The summed E-state index contributed by atoms with van der Waals surface area (Å²) in [6.45, 7) is 1.30. The number of nitrogens with two attached hydrogens (primary N) is 1. The van der Waals surface area contributed by atoms with Crippen LogP contribution >= 0.6 is 11.8 Å². The van der Waals surface area contributed by atoms with Crippen LogP contribution in [0, 0.1) is 22.7 Å². The Bertz CT molecular complexity index is 974. The number of pyridine rings is 1. The van der Waals surface area contributed by atoms with Crippen molar-refractivity contribution in [3.05, 3.63) is 41.5 Å². The summed E-state index contributed by atoms with van der Waals surface area (Å²) in [6, 6.07) is 12.9. The van der Waals surface area contributed by atoms with Gasteiger partial charge >= 0.3 is 0 Å². The Hall–Kier alpha value is -3.36. The van der Waals surface area contributed by atoms with Crippen LogP contribution in [0.2, 0.25) is 0 Å². The van der Waals surface area contributed by atoms with Crippen LogP contribution in [0.4, 0.5) is 5.82 Å². The van der Waals surface area contributed by atoms with E-state index in [1.54, 1.807) is 38.4 Å². The van der Waals surface area contributed by atoms with E-state index in [0.29, 0.717) is 11.1 Å². The zero-order chi connectivity index (χ0) is 20.1. The molecule has 7 nitrogen and oxygen atoms in total. The molecule has 2 N–H and O–H groups in total. The highest BCUT2D eigenvalue weighted by Gasteiger charge is 2.30. The number of benzene rings is 1. The Labute approximate surface area is 161 Å². The fourth-order valence-corrected chi connectivity index (χ4v) is 3.55. The van der Waals surface area contributed by atoms with E-state index in [9.17, 15) is 20.1 Å². The predicted molar refractivity (Wildman–Crippen MR) is 103 cm³/mol. The molecule has 1 heterocycles. The summed E-state index contributed by atoms with van der Waals surface area (Å²) in [7, 11) is 3.08. The maximum absolute atomic E-state index is 12.3. The van der Waals surface area contributed by atoms with Gasteiger partial charge in [-0.15, -0.1) is 0 Å². The number of hydrogen-bond acceptors (Lipinski definition) is 7. The Kier molecular flexibility index (Phi) is 6.17. The minimum Gasteiger partial charge on any atom is -0.383 e. The first-order valence-electron chi connectivity index (χ1n) is 7.89. The fraction of sp³-hybridized carbons (Fsp3) is 0.211. The number of amides is 1. The summed E-state index contributed by atoms with van der Waals surface area (Å²) in [6.07, 6.45) is 0.